The minimum absolute atomic E-state index is 0.390. The molecule has 0 aromatic carbocycles. The third kappa shape index (κ3) is 3.06. The van der Waals surface area contributed by atoms with Crippen molar-refractivity contribution in [1.29, 1.82) is 0 Å². The Bertz CT molecular complexity index is 465. The van der Waals surface area contributed by atoms with E-state index in [-0.39, 0.29) is 0 Å². The number of nitrogens with one attached hydrogen (secondary N) is 1. The SMILES string of the molecule is CCC1CCC(O)(CNC2CCc3sc(Cl)cc32)CC1. The Morgan fingerprint density at radius 2 is 2.15 bits per heavy atom. The average molecular weight is 314 g/mol. The van der Waals surface area contributed by atoms with E-state index in [1.165, 1.54) is 29.7 Å². The molecule has 1 aromatic rings. The van der Waals surface area contributed by atoms with Gasteiger partial charge in [0.25, 0.3) is 0 Å². The molecule has 1 unspecified atom stereocenters. The molecule has 2 aliphatic carbocycles. The Morgan fingerprint density at radius 3 is 2.85 bits per heavy atom. The van der Waals surface area contributed by atoms with Crippen LogP contribution in [0.1, 0.15) is 61.9 Å². The van der Waals surface area contributed by atoms with Crippen LogP contribution in [0.3, 0.4) is 0 Å². The summed E-state index contributed by atoms with van der Waals surface area (Å²) in [4.78, 5) is 1.43. The first-order valence-electron chi connectivity index (χ1n) is 7.83. The highest BCUT2D eigenvalue weighted by atomic mass is 35.5. The molecule has 112 valence electrons. The van der Waals surface area contributed by atoms with Crippen molar-refractivity contribution in [2.45, 2.75) is 63.5 Å². The van der Waals surface area contributed by atoms with Crippen molar-refractivity contribution in [2.75, 3.05) is 6.54 Å². The average Bonchev–Trinajstić information content (AvgIpc) is 2.97. The zero-order valence-corrected chi connectivity index (χ0v) is 13.7. The van der Waals surface area contributed by atoms with E-state index in [1.54, 1.807) is 11.3 Å². The number of hydrogen-bond acceptors (Lipinski definition) is 3. The largest absolute Gasteiger partial charge is 0.389 e. The smallest absolute Gasteiger partial charge is 0.0934 e. The summed E-state index contributed by atoms with van der Waals surface area (Å²) in [6.07, 6.45) is 7.77. The van der Waals surface area contributed by atoms with Gasteiger partial charge in [-0.15, -0.1) is 11.3 Å². The molecule has 1 atom stereocenters. The molecule has 0 spiro atoms. The summed E-state index contributed by atoms with van der Waals surface area (Å²) >= 11 is 7.80. The van der Waals surface area contributed by atoms with Crippen LogP contribution in [0.15, 0.2) is 6.07 Å². The van der Waals surface area contributed by atoms with Gasteiger partial charge in [0.1, 0.15) is 0 Å². The molecule has 1 saturated carbocycles. The lowest BCUT2D eigenvalue weighted by Crippen LogP contribution is -2.44. The monoisotopic (exact) mass is 313 g/mol. The maximum absolute atomic E-state index is 10.7. The summed E-state index contributed by atoms with van der Waals surface area (Å²) in [6.45, 7) is 2.98. The Balaban J connectivity index is 1.55. The van der Waals surface area contributed by atoms with Gasteiger partial charge in [-0.2, -0.15) is 0 Å². The van der Waals surface area contributed by atoms with Gasteiger partial charge in [0.2, 0.25) is 0 Å². The lowest BCUT2D eigenvalue weighted by Gasteiger charge is -2.36. The standard InChI is InChI=1S/C16H24ClNOS/c1-2-11-5-7-16(19,8-6-11)10-18-13-3-4-14-12(13)9-15(17)20-14/h9,11,13,18-19H,2-8,10H2,1H3. The summed E-state index contributed by atoms with van der Waals surface area (Å²) < 4.78 is 0.892. The van der Waals surface area contributed by atoms with E-state index in [0.717, 1.165) is 42.5 Å². The van der Waals surface area contributed by atoms with Crippen LogP contribution in [0.5, 0.6) is 0 Å². The first-order valence-corrected chi connectivity index (χ1v) is 9.03. The number of rotatable bonds is 4. The molecule has 0 radical (unpaired) electrons. The lowest BCUT2D eigenvalue weighted by molar-refractivity contribution is -0.0106. The molecular formula is C16H24ClNOS. The minimum atomic E-state index is -0.492. The van der Waals surface area contributed by atoms with E-state index in [4.69, 9.17) is 11.6 Å². The second kappa shape index (κ2) is 5.96. The van der Waals surface area contributed by atoms with Crippen LogP contribution in [-0.4, -0.2) is 17.3 Å². The molecule has 2 N–H and O–H groups in total. The summed E-state index contributed by atoms with van der Waals surface area (Å²) in [5.74, 6) is 0.823. The summed E-state index contributed by atoms with van der Waals surface area (Å²) in [6, 6.07) is 2.49. The first kappa shape index (κ1) is 14.8. The van der Waals surface area contributed by atoms with Gasteiger partial charge in [-0.25, -0.2) is 0 Å². The van der Waals surface area contributed by atoms with Crippen molar-refractivity contribution in [3.8, 4) is 0 Å². The highest BCUT2D eigenvalue weighted by Crippen LogP contribution is 2.40. The number of thiophene rings is 1. The maximum atomic E-state index is 10.7. The number of halogens is 1. The molecule has 1 heterocycles. The van der Waals surface area contributed by atoms with E-state index < -0.39 is 5.60 Å². The van der Waals surface area contributed by atoms with E-state index in [9.17, 15) is 5.11 Å². The zero-order chi connectivity index (χ0) is 14.2. The highest BCUT2D eigenvalue weighted by molar-refractivity contribution is 7.16. The molecule has 0 amide bonds. The van der Waals surface area contributed by atoms with Crippen LogP contribution in [0, 0.1) is 5.92 Å². The fourth-order valence-electron chi connectivity index (χ4n) is 3.66. The molecule has 0 aliphatic heterocycles. The molecule has 1 fully saturated rings. The maximum Gasteiger partial charge on any atom is 0.0934 e. The van der Waals surface area contributed by atoms with Gasteiger partial charge in [0.15, 0.2) is 0 Å². The van der Waals surface area contributed by atoms with Crippen molar-refractivity contribution in [2.24, 2.45) is 5.92 Å². The van der Waals surface area contributed by atoms with Gasteiger partial charge < -0.3 is 10.4 Å². The number of aryl methyl sites for hydroxylation is 1. The van der Waals surface area contributed by atoms with Gasteiger partial charge in [0, 0.05) is 17.5 Å². The summed E-state index contributed by atoms with van der Waals surface area (Å²) in [7, 11) is 0. The van der Waals surface area contributed by atoms with Crippen LogP contribution in [0.2, 0.25) is 4.34 Å². The van der Waals surface area contributed by atoms with Gasteiger partial charge in [-0.1, -0.05) is 24.9 Å². The summed E-state index contributed by atoms with van der Waals surface area (Å²) in [5, 5.41) is 14.3. The predicted molar refractivity (Wildman–Crippen MR) is 85.6 cm³/mol. The second-order valence-electron chi connectivity index (χ2n) is 6.48. The number of fused-ring (bicyclic) bond motifs is 1. The van der Waals surface area contributed by atoms with Crippen LogP contribution in [-0.2, 0) is 6.42 Å². The Hall–Kier alpha value is -0.0900. The third-order valence-electron chi connectivity index (χ3n) is 5.14. The van der Waals surface area contributed by atoms with Gasteiger partial charge in [-0.3, -0.25) is 0 Å². The molecule has 2 aliphatic rings. The predicted octanol–water partition coefficient (Wildman–Crippen LogP) is 4.31. The van der Waals surface area contributed by atoms with Crippen molar-refractivity contribution in [3.05, 3.63) is 20.8 Å². The van der Waals surface area contributed by atoms with Crippen LogP contribution in [0.25, 0.3) is 0 Å². The molecule has 4 heteroatoms. The fraction of sp³-hybridized carbons (Fsp3) is 0.750. The van der Waals surface area contributed by atoms with Gasteiger partial charge in [0.05, 0.1) is 9.94 Å². The third-order valence-corrected chi connectivity index (χ3v) is 6.48. The fourth-order valence-corrected chi connectivity index (χ4v) is 5.01. The molecule has 3 rings (SSSR count). The Morgan fingerprint density at radius 1 is 1.40 bits per heavy atom. The normalized spacial score (nSPS) is 33.4. The molecule has 20 heavy (non-hydrogen) atoms. The van der Waals surface area contributed by atoms with E-state index in [0.29, 0.717) is 6.04 Å². The lowest BCUT2D eigenvalue weighted by atomic mass is 9.77. The van der Waals surface area contributed by atoms with Crippen molar-refractivity contribution in [3.63, 3.8) is 0 Å². The van der Waals surface area contributed by atoms with Crippen molar-refractivity contribution >= 4 is 22.9 Å². The molecule has 2 nitrogen and oxygen atoms in total. The summed E-state index contributed by atoms with van der Waals surface area (Å²) in [5.41, 5.74) is 0.875. The van der Waals surface area contributed by atoms with E-state index in [2.05, 4.69) is 18.3 Å². The molecular weight excluding hydrogens is 290 g/mol. The number of hydrogen-bond donors (Lipinski definition) is 2. The van der Waals surface area contributed by atoms with E-state index in [1.807, 2.05) is 0 Å². The highest BCUT2D eigenvalue weighted by Gasteiger charge is 2.34. The van der Waals surface area contributed by atoms with Crippen LogP contribution >= 0.6 is 22.9 Å². The van der Waals surface area contributed by atoms with Crippen molar-refractivity contribution in [1.82, 2.24) is 5.32 Å². The zero-order valence-electron chi connectivity index (χ0n) is 12.1. The topological polar surface area (TPSA) is 32.3 Å². The van der Waals surface area contributed by atoms with E-state index >= 15 is 0 Å². The van der Waals surface area contributed by atoms with Crippen LogP contribution < -0.4 is 5.32 Å². The van der Waals surface area contributed by atoms with Gasteiger partial charge >= 0.3 is 0 Å². The Labute approximate surface area is 130 Å². The first-order chi connectivity index (χ1) is 9.59. The quantitative estimate of drug-likeness (QED) is 0.868. The molecule has 0 bridgehead atoms. The molecule has 1 aromatic heterocycles. The molecule has 0 saturated heterocycles. The number of aliphatic hydroxyl groups is 1. The van der Waals surface area contributed by atoms with Crippen molar-refractivity contribution < 1.29 is 5.11 Å². The van der Waals surface area contributed by atoms with Gasteiger partial charge in [-0.05, 0) is 56.1 Å². The Kier molecular flexibility index (Phi) is 4.42. The van der Waals surface area contributed by atoms with Crippen LogP contribution in [0.4, 0.5) is 0 Å². The minimum Gasteiger partial charge on any atom is -0.389 e. The second-order valence-corrected chi connectivity index (χ2v) is 8.25.